The van der Waals surface area contributed by atoms with Crippen LogP contribution < -0.4 is 11.1 Å². The van der Waals surface area contributed by atoms with Crippen LogP contribution in [0, 0.1) is 0 Å². The van der Waals surface area contributed by atoms with Crippen LogP contribution >= 0.6 is 0 Å². The summed E-state index contributed by atoms with van der Waals surface area (Å²) in [6.45, 7) is 2.86. The van der Waals surface area contributed by atoms with Crippen molar-refractivity contribution in [3.63, 3.8) is 0 Å². The average Bonchev–Trinajstić information content (AvgIpc) is 3.10. The predicted molar refractivity (Wildman–Crippen MR) is 82.9 cm³/mol. The zero-order valence-electron chi connectivity index (χ0n) is 12.7. The van der Waals surface area contributed by atoms with Gasteiger partial charge in [0.25, 0.3) is 0 Å². The van der Waals surface area contributed by atoms with Crippen molar-refractivity contribution in [1.82, 2.24) is 20.1 Å². The van der Waals surface area contributed by atoms with Gasteiger partial charge < -0.3 is 15.6 Å². The molecule has 0 radical (unpaired) electrons. The van der Waals surface area contributed by atoms with Crippen LogP contribution in [-0.4, -0.2) is 20.7 Å². The number of aromatic nitrogens is 3. The van der Waals surface area contributed by atoms with Gasteiger partial charge in [-0.1, -0.05) is 30.3 Å². The molecule has 1 amide bonds. The van der Waals surface area contributed by atoms with Crippen molar-refractivity contribution >= 4 is 5.91 Å². The Morgan fingerprint density at radius 3 is 2.91 bits per heavy atom. The highest BCUT2D eigenvalue weighted by Gasteiger charge is 2.22. The van der Waals surface area contributed by atoms with Crippen LogP contribution in [0.15, 0.2) is 30.3 Å². The summed E-state index contributed by atoms with van der Waals surface area (Å²) in [6, 6.07) is 9.21. The van der Waals surface area contributed by atoms with E-state index < -0.39 is 0 Å². The van der Waals surface area contributed by atoms with E-state index in [1.165, 1.54) is 0 Å². The number of nitrogens with one attached hydrogen (secondary N) is 1. The first kappa shape index (κ1) is 14.7. The van der Waals surface area contributed by atoms with Crippen LogP contribution in [0.4, 0.5) is 0 Å². The third kappa shape index (κ3) is 3.01. The summed E-state index contributed by atoms with van der Waals surface area (Å²) in [5, 5.41) is 11.3. The van der Waals surface area contributed by atoms with E-state index in [2.05, 4.69) is 20.1 Å². The number of nitrogens with zero attached hydrogens (tertiary/aromatic N) is 3. The molecule has 22 heavy (non-hydrogen) atoms. The van der Waals surface area contributed by atoms with Gasteiger partial charge in [-0.25, -0.2) is 0 Å². The van der Waals surface area contributed by atoms with Crippen LogP contribution in [-0.2, 0) is 17.8 Å². The normalized spacial score (nSPS) is 16.1. The maximum Gasteiger partial charge on any atom is 0.222 e. The third-order valence-corrected chi connectivity index (χ3v) is 4.04. The number of nitrogens with two attached hydrogens (primary N) is 1. The fourth-order valence-corrected chi connectivity index (χ4v) is 2.88. The van der Waals surface area contributed by atoms with Gasteiger partial charge in [0.05, 0.1) is 6.04 Å². The van der Waals surface area contributed by atoms with Crippen molar-refractivity contribution in [2.24, 2.45) is 5.73 Å². The molecule has 2 atom stereocenters. The zero-order chi connectivity index (χ0) is 15.5. The number of hydrogen-bond donors (Lipinski definition) is 2. The Labute approximate surface area is 129 Å². The van der Waals surface area contributed by atoms with Crippen LogP contribution in [0.2, 0.25) is 0 Å². The second-order valence-electron chi connectivity index (χ2n) is 5.74. The summed E-state index contributed by atoms with van der Waals surface area (Å²) in [5.41, 5.74) is 7.05. The molecule has 0 aliphatic carbocycles. The average molecular weight is 299 g/mol. The minimum Gasteiger partial charge on any atom is -0.346 e. The molecule has 0 saturated carbocycles. The second-order valence-corrected chi connectivity index (χ2v) is 5.74. The Morgan fingerprint density at radius 1 is 1.36 bits per heavy atom. The van der Waals surface area contributed by atoms with E-state index in [9.17, 15) is 4.79 Å². The molecule has 6 nitrogen and oxygen atoms in total. The molecule has 0 spiro atoms. The lowest BCUT2D eigenvalue weighted by atomic mass is 10.0. The highest BCUT2D eigenvalue weighted by molar-refractivity contribution is 5.77. The number of carbonyl (C=O) groups is 1. The standard InChI is InChI=1S/C16H21N5O/c1-11(16-20-19-14-8-5-9-21(14)16)18-15(22)10-13(17)12-6-3-2-4-7-12/h2-4,6-7,11,13H,5,8-10,17H2,1H3,(H,18,22). The first-order valence-corrected chi connectivity index (χ1v) is 7.67. The Morgan fingerprint density at radius 2 is 2.14 bits per heavy atom. The lowest BCUT2D eigenvalue weighted by Crippen LogP contribution is -2.31. The molecule has 0 fully saturated rings. The molecular weight excluding hydrogens is 278 g/mol. The Hall–Kier alpha value is -2.21. The van der Waals surface area contributed by atoms with E-state index >= 15 is 0 Å². The fraction of sp³-hybridized carbons (Fsp3) is 0.438. The summed E-state index contributed by atoms with van der Waals surface area (Å²) in [7, 11) is 0. The molecule has 0 saturated heterocycles. The molecule has 6 heteroatoms. The van der Waals surface area contributed by atoms with E-state index in [1.54, 1.807) is 0 Å². The molecule has 3 rings (SSSR count). The van der Waals surface area contributed by atoms with E-state index in [0.29, 0.717) is 0 Å². The van der Waals surface area contributed by atoms with Crippen molar-refractivity contribution in [3.8, 4) is 0 Å². The molecule has 116 valence electrons. The number of carbonyl (C=O) groups excluding carboxylic acids is 1. The summed E-state index contributed by atoms with van der Waals surface area (Å²) in [5.74, 6) is 1.77. The molecular formula is C16H21N5O. The van der Waals surface area contributed by atoms with Gasteiger partial charge >= 0.3 is 0 Å². The predicted octanol–water partition coefficient (Wildman–Crippen LogP) is 1.49. The highest BCUT2D eigenvalue weighted by Crippen LogP contribution is 2.19. The number of rotatable bonds is 5. The molecule has 2 aromatic rings. The summed E-state index contributed by atoms with van der Waals surface area (Å²) < 4.78 is 2.10. The highest BCUT2D eigenvalue weighted by atomic mass is 16.1. The van der Waals surface area contributed by atoms with Crippen LogP contribution in [0.25, 0.3) is 0 Å². The van der Waals surface area contributed by atoms with Crippen molar-refractivity contribution in [1.29, 1.82) is 0 Å². The van der Waals surface area contributed by atoms with E-state index in [0.717, 1.165) is 36.6 Å². The SMILES string of the molecule is CC(NC(=O)CC(N)c1ccccc1)c1nnc2n1CCC2. The number of amides is 1. The number of hydrogen-bond acceptors (Lipinski definition) is 4. The summed E-state index contributed by atoms with van der Waals surface area (Å²) in [4.78, 5) is 12.2. The lowest BCUT2D eigenvalue weighted by Gasteiger charge is -2.16. The number of benzene rings is 1. The van der Waals surface area contributed by atoms with Crippen molar-refractivity contribution in [2.75, 3.05) is 0 Å². The molecule has 2 unspecified atom stereocenters. The molecule has 2 heterocycles. The van der Waals surface area contributed by atoms with Gasteiger partial charge in [-0.15, -0.1) is 10.2 Å². The van der Waals surface area contributed by atoms with Crippen LogP contribution in [0.5, 0.6) is 0 Å². The van der Waals surface area contributed by atoms with E-state index in [4.69, 9.17) is 5.73 Å². The van der Waals surface area contributed by atoms with Gasteiger partial charge in [0.1, 0.15) is 5.82 Å². The molecule has 1 aromatic carbocycles. The molecule has 3 N–H and O–H groups in total. The first-order valence-electron chi connectivity index (χ1n) is 7.67. The smallest absolute Gasteiger partial charge is 0.222 e. The summed E-state index contributed by atoms with van der Waals surface area (Å²) >= 11 is 0. The van der Waals surface area contributed by atoms with Gasteiger partial charge in [0.15, 0.2) is 5.82 Å². The van der Waals surface area contributed by atoms with Crippen LogP contribution in [0.1, 0.15) is 49.1 Å². The van der Waals surface area contributed by atoms with Gasteiger partial charge in [-0.2, -0.15) is 0 Å². The second kappa shape index (κ2) is 6.27. The fourth-order valence-electron chi connectivity index (χ4n) is 2.88. The molecule has 1 aliphatic heterocycles. The van der Waals surface area contributed by atoms with E-state index in [1.807, 2.05) is 37.3 Å². The van der Waals surface area contributed by atoms with Gasteiger partial charge in [0.2, 0.25) is 5.91 Å². The topological polar surface area (TPSA) is 85.8 Å². The van der Waals surface area contributed by atoms with Gasteiger partial charge in [-0.05, 0) is 18.9 Å². The van der Waals surface area contributed by atoms with Crippen LogP contribution in [0.3, 0.4) is 0 Å². The number of fused-ring (bicyclic) bond motifs is 1. The molecule has 1 aliphatic rings. The van der Waals surface area contributed by atoms with Gasteiger partial charge in [0, 0.05) is 25.4 Å². The first-order chi connectivity index (χ1) is 10.6. The van der Waals surface area contributed by atoms with E-state index in [-0.39, 0.29) is 24.4 Å². The van der Waals surface area contributed by atoms with Crippen molar-refractivity contribution in [3.05, 3.63) is 47.5 Å². The quantitative estimate of drug-likeness (QED) is 0.876. The summed E-state index contributed by atoms with van der Waals surface area (Å²) in [6.07, 6.45) is 2.32. The number of aryl methyl sites for hydroxylation is 1. The minimum absolute atomic E-state index is 0.0702. The Bertz CT molecular complexity index is 652. The molecule has 1 aromatic heterocycles. The lowest BCUT2D eigenvalue weighted by molar-refractivity contribution is -0.122. The maximum absolute atomic E-state index is 12.2. The molecule has 0 bridgehead atoms. The third-order valence-electron chi connectivity index (χ3n) is 4.04. The zero-order valence-corrected chi connectivity index (χ0v) is 12.7. The Balaban J connectivity index is 1.59. The Kier molecular flexibility index (Phi) is 4.20. The largest absolute Gasteiger partial charge is 0.346 e. The monoisotopic (exact) mass is 299 g/mol. The minimum atomic E-state index is -0.294. The van der Waals surface area contributed by atoms with Crippen molar-refractivity contribution in [2.45, 2.75) is 44.8 Å². The maximum atomic E-state index is 12.2. The van der Waals surface area contributed by atoms with Crippen molar-refractivity contribution < 1.29 is 4.79 Å². The van der Waals surface area contributed by atoms with Gasteiger partial charge in [-0.3, -0.25) is 4.79 Å².